The van der Waals surface area contributed by atoms with Crippen LogP contribution >= 0.6 is 0 Å². The number of hydrogen-bond acceptors (Lipinski definition) is 2. The second kappa shape index (κ2) is 4.53. The summed E-state index contributed by atoms with van der Waals surface area (Å²) in [6.07, 6.45) is 1.81. The van der Waals surface area contributed by atoms with Gasteiger partial charge in [0, 0.05) is 0 Å². The summed E-state index contributed by atoms with van der Waals surface area (Å²) in [6, 6.07) is 14.6. The largest absolute Gasteiger partial charge is 0.478 e. The average Bonchev–Trinajstić information content (AvgIpc) is 2.87. The lowest BCUT2D eigenvalue weighted by Gasteiger charge is -2.07. The molecule has 0 fully saturated rings. The predicted molar refractivity (Wildman–Crippen MR) is 72.7 cm³/mol. The smallest absolute Gasteiger partial charge is 0.217 e. The number of H-pyrrole nitrogens is 1. The Hall–Kier alpha value is -2.29. The Kier molecular flexibility index (Phi) is 2.73. The summed E-state index contributed by atoms with van der Waals surface area (Å²) in [5, 5.41) is 9.40. The normalized spacial score (nSPS) is 10.7. The summed E-state index contributed by atoms with van der Waals surface area (Å²) in [5.74, 6) is 0.730. The molecule has 0 unspecified atom stereocenters. The summed E-state index contributed by atoms with van der Waals surface area (Å²) in [6.45, 7) is 2.59. The molecule has 2 aromatic carbocycles. The Balaban J connectivity index is 2.22. The van der Waals surface area contributed by atoms with Crippen LogP contribution < -0.4 is 4.74 Å². The van der Waals surface area contributed by atoms with Gasteiger partial charge >= 0.3 is 0 Å². The molecule has 0 radical (unpaired) electrons. The highest BCUT2D eigenvalue weighted by Gasteiger charge is 2.11. The van der Waals surface area contributed by atoms with E-state index in [-0.39, 0.29) is 0 Å². The highest BCUT2D eigenvalue weighted by Crippen LogP contribution is 2.33. The van der Waals surface area contributed by atoms with Crippen molar-refractivity contribution in [2.45, 2.75) is 6.92 Å². The van der Waals surface area contributed by atoms with Gasteiger partial charge in [0.05, 0.1) is 18.4 Å². The van der Waals surface area contributed by atoms with Crippen molar-refractivity contribution in [2.24, 2.45) is 0 Å². The number of fused-ring (bicyclic) bond motifs is 1. The molecule has 90 valence electrons. The molecular formula is C15H14N2O. The Morgan fingerprint density at radius 1 is 1.06 bits per heavy atom. The maximum absolute atomic E-state index is 5.56. The summed E-state index contributed by atoms with van der Waals surface area (Å²) in [4.78, 5) is 0. The molecule has 0 aliphatic carbocycles. The van der Waals surface area contributed by atoms with Crippen LogP contribution in [-0.2, 0) is 0 Å². The minimum atomic E-state index is 0.625. The number of benzene rings is 2. The van der Waals surface area contributed by atoms with E-state index in [2.05, 4.69) is 40.5 Å². The number of nitrogens with one attached hydrogen (secondary N) is 1. The van der Waals surface area contributed by atoms with Crippen LogP contribution in [0.4, 0.5) is 0 Å². The first-order valence-electron chi connectivity index (χ1n) is 6.04. The third kappa shape index (κ3) is 1.74. The lowest BCUT2D eigenvalue weighted by Crippen LogP contribution is -1.93. The first kappa shape index (κ1) is 10.8. The highest BCUT2D eigenvalue weighted by atomic mass is 16.5. The molecule has 1 N–H and O–H groups in total. The van der Waals surface area contributed by atoms with E-state index >= 15 is 0 Å². The predicted octanol–water partition coefficient (Wildman–Crippen LogP) is 3.63. The number of aromatic nitrogens is 2. The lowest BCUT2D eigenvalue weighted by atomic mass is 10.0. The second-order valence-electron chi connectivity index (χ2n) is 4.07. The number of ether oxygens (including phenoxy) is 1. The maximum Gasteiger partial charge on any atom is 0.217 e. The van der Waals surface area contributed by atoms with Crippen molar-refractivity contribution in [1.29, 1.82) is 0 Å². The van der Waals surface area contributed by atoms with Crippen LogP contribution in [0.1, 0.15) is 6.92 Å². The molecule has 3 nitrogen and oxygen atoms in total. The van der Waals surface area contributed by atoms with E-state index < -0.39 is 0 Å². The van der Waals surface area contributed by atoms with Gasteiger partial charge in [0.2, 0.25) is 5.88 Å². The van der Waals surface area contributed by atoms with Crippen LogP contribution in [-0.4, -0.2) is 16.8 Å². The van der Waals surface area contributed by atoms with Crippen LogP contribution in [0.2, 0.25) is 0 Å². The van der Waals surface area contributed by atoms with Crippen LogP contribution in [0.25, 0.3) is 21.9 Å². The number of hydrogen-bond donors (Lipinski definition) is 1. The summed E-state index contributed by atoms with van der Waals surface area (Å²) < 4.78 is 5.56. The molecule has 0 aliphatic rings. The fourth-order valence-electron chi connectivity index (χ4n) is 2.18. The third-order valence-corrected chi connectivity index (χ3v) is 2.97. The maximum atomic E-state index is 5.56. The number of rotatable bonds is 3. The Bertz CT molecular complexity index is 668. The monoisotopic (exact) mass is 238 g/mol. The van der Waals surface area contributed by atoms with Crippen LogP contribution in [0.15, 0.2) is 48.7 Å². The van der Waals surface area contributed by atoms with Crippen molar-refractivity contribution in [1.82, 2.24) is 10.2 Å². The van der Waals surface area contributed by atoms with Gasteiger partial charge < -0.3 is 4.74 Å². The molecule has 0 amide bonds. The van der Waals surface area contributed by atoms with Gasteiger partial charge in [-0.05, 0) is 23.3 Å². The molecule has 1 aromatic heterocycles. The quantitative estimate of drug-likeness (QED) is 0.756. The molecule has 18 heavy (non-hydrogen) atoms. The van der Waals surface area contributed by atoms with Crippen molar-refractivity contribution >= 4 is 10.8 Å². The molecular weight excluding hydrogens is 224 g/mol. The van der Waals surface area contributed by atoms with Gasteiger partial charge in [-0.3, -0.25) is 0 Å². The zero-order chi connectivity index (χ0) is 12.4. The van der Waals surface area contributed by atoms with Crippen LogP contribution in [0.5, 0.6) is 5.88 Å². The van der Waals surface area contributed by atoms with Crippen molar-refractivity contribution < 1.29 is 4.74 Å². The zero-order valence-electron chi connectivity index (χ0n) is 10.2. The van der Waals surface area contributed by atoms with Gasteiger partial charge in [-0.25, -0.2) is 5.10 Å². The molecule has 1 heterocycles. The van der Waals surface area contributed by atoms with Crippen molar-refractivity contribution in [3.63, 3.8) is 0 Å². The van der Waals surface area contributed by atoms with Crippen LogP contribution in [0.3, 0.4) is 0 Å². The third-order valence-electron chi connectivity index (χ3n) is 2.97. The summed E-state index contributed by atoms with van der Waals surface area (Å²) in [5.41, 5.74) is 2.15. The summed E-state index contributed by atoms with van der Waals surface area (Å²) in [7, 11) is 0. The first-order valence-corrected chi connectivity index (χ1v) is 6.04. The highest BCUT2D eigenvalue weighted by molar-refractivity contribution is 5.97. The van der Waals surface area contributed by atoms with E-state index in [1.54, 1.807) is 0 Å². The minimum absolute atomic E-state index is 0.625. The van der Waals surface area contributed by atoms with E-state index in [1.165, 1.54) is 10.8 Å². The molecule has 0 bridgehead atoms. The molecule has 3 aromatic rings. The molecule has 0 aliphatic heterocycles. The average molecular weight is 238 g/mol. The second-order valence-corrected chi connectivity index (χ2v) is 4.07. The number of nitrogens with zero attached hydrogens (tertiary/aromatic N) is 1. The van der Waals surface area contributed by atoms with Gasteiger partial charge in [-0.15, -0.1) is 0 Å². The Labute approximate surface area is 105 Å². The van der Waals surface area contributed by atoms with E-state index in [9.17, 15) is 0 Å². The SMILES string of the molecule is CCOc1[nH]ncc1-c1cccc2ccccc12. The fraction of sp³-hybridized carbons (Fsp3) is 0.133. The van der Waals surface area contributed by atoms with E-state index in [1.807, 2.05) is 25.3 Å². The minimum Gasteiger partial charge on any atom is -0.478 e. The van der Waals surface area contributed by atoms with Crippen LogP contribution in [0, 0.1) is 0 Å². The van der Waals surface area contributed by atoms with Gasteiger partial charge in [-0.1, -0.05) is 42.5 Å². The molecule has 3 rings (SSSR count). The lowest BCUT2D eigenvalue weighted by molar-refractivity contribution is 0.327. The first-order chi connectivity index (χ1) is 8.90. The topological polar surface area (TPSA) is 37.9 Å². The Morgan fingerprint density at radius 3 is 2.78 bits per heavy atom. The fourth-order valence-corrected chi connectivity index (χ4v) is 2.18. The standard InChI is InChI=1S/C15H14N2O/c1-2-18-15-14(10-16-17-15)13-9-5-7-11-6-3-4-8-12(11)13/h3-10H,2H2,1H3,(H,16,17). The van der Waals surface area contributed by atoms with Crippen molar-refractivity contribution in [2.75, 3.05) is 6.61 Å². The van der Waals surface area contributed by atoms with E-state index in [0.717, 1.165) is 17.0 Å². The Morgan fingerprint density at radius 2 is 1.89 bits per heavy atom. The summed E-state index contributed by atoms with van der Waals surface area (Å²) >= 11 is 0. The molecule has 0 saturated heterocycles. The molecule has 0 saturated carbocycles. The van der Waals surface area contributed by atoms with Crippen molar-refractivity contribution in [3.05, 3.63) is 48.7 Å². The zero-order valence-corrected chi connectivity index (χ0v) is 10.2. The molecule has 0 spiro atoms. The van der Waals surface area contributed by atoms with Gasteiger partial charge in [-0.2, -0.15) is 5.10 Å². The van der Waals surface area contributed by atoms with E-state index in [0.29, 0.717) is 6.61 Å². The number of aromatic amines is 1. The van der Waals surface area contributed by atoms with Crippen molar-refractivity contribution in [3.8, 4) is 17.0 Å². The van der Waals surface area contributed by atoms with Gasteiger partial charge in [0.25, 0.3) is 0 Å². The van der Waals surface area contributed by atoms with Gasteiger partial charge in [0.15, 0.2) is 0 Å². The van der Waals surface area contributed by atoms with E-state index in [4.69, 9.17) is 4.74 Å². The van der Waals surface area contributed by atoms with Gasteiger partial charge in [0.1, 0.15) is 0 Å². The molecule has 0 atom stereocenters. The molecule has 3 heteroatoms.